The van der Waals surface area contributed by atoms with Crippen LogP contribution in [0.15, 0.2) is 77.7 Å². The third kappa shape index (κ3) is 7.00. The van der Waals surface area contributed by atoms with Crippen LogP contribution in [0.3, 0.4) is 0 Å². The van der Waals surface area contributed by atoms with E-state index in [4.69, 9.17) is 18.9 Å². The van der Waals surface area contributed by atoms with Crippen LogP contribution in [0, 0.1) is 10.1 Å². The highest BCUT2D eigenvalue weighted by molar-refractivity contribution is 7.92. The first-order valence-corrected chi connectivity index (χ1v) is 15.1. The number of fused-ring (bicyclic) bond motifs is 1. The van der Waals surface area contributed by atoms with Crippen molar-refractivity contribution in [2.24, 2.45) is 0 Å². The van der Waals surface area contributed by atoms with Crippen LogP contribution in [0.2, 0.25) is 0 Å². The number of allylic oxidation sites excluding steroid dienone is 2. The van der Waals surface area contributed by atoms with Crippen molar-refractivity contribution >= 4 is 33.9 Å². The average molecular weight is 608 g/mol. The van der Waals surface area contributed by atoms with Crippen molar-refractivity contribution in [3.8, 4) is 23.0 Å². The van der Waals surface area contributed by atoms with Gasteiger partial charge < -0.3 is 23.5 Å². The lowest BCUT2D eigenvalue weighted by molar-refractivity contribution is -0.526. The molecule has 3 aromatic carbocycles. The number of hydrogen-bond acceptors (Lipinski definition) is 9. The summed E-state index contributed by atoms with van der Waals surface area (Å²) < 4.78 is 37.5. The second kappa shape index (κ2) is 14.2. The predicted molar refractivity (Wildman–Crippen MR) is 162 cm³/mol. The summed E-state index contributed by atoms with van der Waals surface area (Å²) in [5.41, 5.74) is 0.721. The van der Waals surface area contributed by atoms with Gasteiger partial charge in [0.25, 0.3) is 0 Å². The van der Waals surface area contributed by atoms with E-state index >= 15 is 0 Å². The fraction of sp³-hybridized carbons (Fsp3) is 0.312. The molecule has 0 saturated carbocycles. The van der Waals surface area contributed by atoms with Gasteiger partial charge >= 0.3 is 16.8 Å². The first kappa shape index (κ1) is 31.6. The fourth-order valence-corrected chi connectivity index (χ4v) is 5.95. The van der Waals surface area contributed by atoms with Gasteiger partial charge in [-0.25, -0.2) is 0 Å². The summed E-state index contributed by atoms with van der Waals surface area (Å²) in [5.74, 6) is -1.11. The number of nitro groups is 1. The third-order valence-electron chi connectivity index (χ3n) is 6.51. The van der Waals surface area contributed by atoms with Crippen molar-refractivity contribution < 1.29 is 38.0 Å². The zero-order valence-electron chi connectivity index (χ0n) is 24.2. The standard InChI is InChI=1S/C32H33NO9S/c1-4-18-39-30-28(41-22(3)34)25-15-14-24(43(38)32(33(36)37)16-10-7-11-17-32)21-26(25)29(31(30)40-19-5-2)42-27(35)20-23-12-8-6-9-13-23/h6-16,21H,4-5,17-20H2,1-3H3. The van der Waals surface area contributed by atoms with Gasteiger partial charge in [-0.1, -0.05) is 62.4 Å². The van der Waals surface area contributed by atoms with Crippen LogP contribution in [0.25, 0.3) is 10.8 Å². The summed E-state index contributed by atoms with van der Waals surface area (Å²) >= 11 is -2.16. The Kier molecular flexibility index (Phi) is 10.4. The molecule has 0 bridgehead atoms. The molecule has 1 aliphatic carbocycles. The summed E-state index contributed by atoms with van der Waals surface area (Å²) in [4.78, 5) is 35.4. The van der Waals surface area contributed by atoms with Crippen LogP contribution >= 0.6 is 0 Å². The molecule has 0 spiro atoms. The fourth-order valence-electron chi connectivity index (χ4n) is 4.54. The molecule has 0 N–H and O–H groups in total. The monoisotopic (exact) mass is 607 g/mol. The molecule has 2 unspecified atom stereocenters. The maximum Gasteiger partial charge on any atom is 0.392 e. The SMILES string of the molecule is CCCOc1c(OCCC)c(OC(=O)Cc2ccccc2)c2cc([S+]([O-])C3([N+](=O)[O-])C=CC=CC3)ccc2c1OC(C)=O. The van der Waals surface area contributed by atoms with Gasteiger partial charge in [-0.3, -0.25) is 19.7 Å². The highest BCUT2D eigenvalue weighted by Gasteiger charge is 2.53. The Bertz CT molecular complexity index is 1550. The van der Waals surface area contributed by atoms with Crippen molar-refractivity contribution in [2.45, 2.75) is 56.2 Å². The lowest BCUT2D eigenvalue weighted by Crippen LogP contribution is -2.44. The van der Waals surface area contributed by atoms with E-state index in [9.17, 15) is 24.3 Å². The van der Waals surface area contributed by atoms with Gasteiger partial charge in [0.2, 0.25) is 11.5 Å². The van der Waals surface area contributed by atoms with Gasteiger partial charge in [-0.2, -0.15) is 0 Å². The maximum atomic E-state index is 13.8. The molecule has 0 fully saturated rings. The number of esters is 2. The topological polar surface area (TPSA) is 137 Å². The Labute approximate surface area is 252 Å². The van der Waals surface area contributed by atoms with Crippen LogP contribution < -0.4 is 18.9 Å². The zero-order valence-corrected chi connectivity index (χ0v) is 25.0. The number of nitrogens with zero attached hydrogens (tertiary/aromatic N) is 1. The zero-order chi connectivity index (χ0) is 31.0. The molecule has 2 atom stereocenters. The average Bonchev–Trinajstić information content (AvgIpc) is 3.00. The Morgan fingerprint density at radius 2 is 1.56 bits per heavy atom. The molecular formula is C32H33NO9S. The lowest BCUT2D eigenvalue weighted by Gasteiger charge is -2.26. The molecule has 11 heteroatoms. The van der Waals surface area contributed by atoms with Crippen LogP contribution in [0.1, 0.15) is 45.6 Å². The number of benzene rings is 3. The van der Waals surface area contributed by atoms with Gasteiger partial charge in [0.1, 0.15) is 0 Å². The van der Waals surface area contributed by atoms with E-state index in [-0.39, 0.29) is 59.3 Å². The molecule has 4 rings (SSSR count). The summed E-state index contributed by atoms with van der Waals surface area (Å²) in [7, 11) is 0. The van der Waals surface area contributed by atoms with E-state index < -0.39 is 32.9 Å². The molecule has 226 valence electrons. The lowest BCUT2D eigenvalue weighted by atomic mass is 10.1. The highest BCUT2D eigenvalue weighted by atomic mass is 32.2. The molecular weight excluding hydrogens is 574 g/mol. The van der Waals surface area contributed by atoms with Crippen LogP contribution in [-0.4, -0.2) is 39.5 Å². The molecule has 3 aromatic rings. The van der Waals surface area contributed by atoms with E-state index in [0.29, 0.717) is 18.2 Å². The predicted octanol–water partition coefficient (Wildman–Crippen LogP) is 6.09. The molecule has 0 saturated heterocycles. The number of rotatable bonds is 13. The van der Waals surface area contributed by atoms with Crippen molar-refractivity contribution in [2.75, 3.05) is 13.2 Å². The van der Waals surface area contributed by atoms with Crippen LogP contribution in [0.4, 0.5) is 0 Å². The second-order valence-corrected chi connectivity index (χ2v) is 11.5. The minimum Gasteiger partial charge on any atom is -0.606 e. The Balaban J connectivity index is 1.96. The molecule has 0 aliphatic heterocycles. The minimum atomic E-state index is -2.16. The van der Waals surface area contributed by atoms with Crippen molar-refractivity contribution in [1.82, 2.24) is 0 Å². The third-order valence-corrected chi connectivity index (χ3v) is 8.29. The van der Waals surface area contributed by atoms with E-state index in [0.717, 1.165) is 5.56 Å². The Morgan fingerprint density at radius 1 is 0.907 bits per heavy atom. The molecule has 0 aromatic heterocycles. The quantitative estimate of drug-likeness (QED) is 0.0743. The highest BCUT2D eigenvalue weighted by Crippen LogP contribution is 2.52. The number of hydrogen-bond donors (Lipinski definition) is 0. The summed E-state index contributed by atoms with van der Waals surface area (Å²) in [6.07, 6.45) is 7.14. The van der Waals surface area contributed by atoms with E-state index in [2.05, 4.69) is 0 Å². The first-order chi connectivity index (χ1) is 20.7. The van der Waals surface area contributed by atoms with Crippen molar-refractivity contribution in [1.29, 1.82) is 0 Å². The molecule has 0 heterocycles. The van der Waals surface area contributed by atoms with E-state index in [1.807, 2.05) is 19.9 Å². The number of carbonyl (C=O) groups excluding carboxylic acids is 2. The number of carbonyl (C=O) groups is 2. The number of ether oxygens (including phenoxy) is 4. The van der Waals surface area contributed by atoms with E-state index in [1.54, 1.807) is 36.4 Å². The van der Waals surface area contributed by atoms with E-state index in [1.165, 1.54) is 37.3 Å². The molecule has 0 radical (unpaired) electrons. The largest absolute Gasteiger partial charge is 0.606 e. The summed E-state index contributed by atoms with van der Waals surface area (Å²) in [5, 5.41) is 12.7. The second-order valence-electron chi connectivity index (χ2n) is 9.81. The Morgan fingerprint density at radius 3 is 2.12 bits per heavy atom. The summed E-state index contributed by atoms with van der Waals surface area (Å²) in [6.45, 7) is 5.49. The molecule has 43 heavy (non-hydrogen) atoms. The molecule has 0 amide bonds. The van der Waals surface area contributed by atoms with Gasteiger partial charge in [0, 0.05) is 29.8 Å². The minimum absolute atomic E-state index is 0.0283. The van der Waals surface area contributed by atoms with Gasteiger partial charge in [0.15, 0.2) is 16.4 Å². The molecule has 10 nitrogen and oxygen atoms in total. The van der Waals surface area contributed by atoms with Gasteiger partial charge in [-0.05, 0) is 30.5 Å². The Hall–Kier alpha value is -4.35. The van der Waals surface area contributed by atoms with Crippen molar-refractivity contribution in [3.63, 3.8) is 0 Å². The first-order valence-electron chi connectivity index (χ1n) is 13.9. The van der Waals surface area contributed by atoms with Crippen LogP contribution in [0.5, 0.6) is 23.0 Å². The normalized spacial score (nSPS) is 16.5. The summed E-state index contributed by atoms with van der Waals surface area (Å²) in [6, 6.07) is 13.5. The van der Waals surface area contributed by atoms with Gasteiger partial charge in [-0.15, -0.1) is 0 Å². The maximum absolute atomic E-state index is 13.8. The molecule has 1 aliphatic rings. The van der Waals surface area contributed by atoms with Crippen LogP contribution in [-0.2, 0) is 27.2 Å². The van der Waals surface area contributed by atoms with Crippen molar-refractivity contribution in [3.05, 3.63) is 88.5 Å². The van der Waals surface area contributed by atoms with Gasteiger partial charge in [0.05, 0.1) is 42.2 Å². The smallest absolute Gasteiger partial charge is 0.392 e.